The molecule has 146 valence electrons. The Morgan fingerprint density at radius 3 is 2.50 bits per heavy atom. The van der Waals surface area contributed by atoms with Gasteiger partial charge in [-0.15, -0.1) is 0 Å². The van der Waals surface area contributed by atoms with Crippen LogP contribution in [-0.2, 0) is 4.79 Å². The minimum Gasteiger partial charge on any atom is -0.478 e. The molecule has 2 aliphatic rings. The van der Waals surface area contributed by atoms with E-state index in [-0.39, 0.29) is 23.4 Å². The largest absolute Gasteiger partial charge is 0.478 e. The maximum absolute atomic E-state index is 12.5. The number of aromatic carboxylic acids is 1. The summed E-state index contributed by atoms with van der Waals surface area (Å²) in [5, 5.41) is 16.2. The molecule has 2 aromatic rings. The van der Waals surface area contributed by atoms with Gasteiger partial charge in [0.25, 0.3) is 5.91 Å². The Balaban J connectivity index is 1.42. The number of carbonyl (C=O) groups excluding carboxylic acids is 2. The highest BCUT2D eigenvalue weighted by atomic mass is 16.4. The molecular weight excluding hydrogens is 360 g/mol. The molecule has 1 aliphatic heterocycles. The van der Waals surface area contributed by atoms with Crippen LogP contribution in [0.25, 0.3) is 5.69 Å². The fourth-order valence-electron chi connectivity index (χ4n) is 3.79. The van der Waals surface area contributed by atoms with E-state index < -0.39 is 5.97 Å². The minimum absolute atomic E-state index is 0.110. The predicted molar refractivity (Wildman–Crippen MR) is 100 cm³/mol. The van der Waals surface area contributed by atoms with E-state index in [2.05, 4.69) is 17.3 Å². The lowest BCUT2D eigenvalue weighted by molar-refractivity contribution is -0.128. The van der Waals surface area contributed by atoms with Crippen LogP contribution < -0.4 is 5.32 Å². The molecule has 2 amide bonds. The monoisotopic (exact) mass is 382 g/mol. The van der Waals surface area contributed by atoms with E-state index in [0.717, 1.165) is 6.42 Å². The molecule has 4 rings (SSSR count). The number of rotatable bonds is 5. The van der Waals surface area contributed by atoms with Crippen LogP contribution in [0.15, 0.2) is 30.5 Å². The molecule has 28 heavy (non-hydrogen) atoms. The average molecular weight is 382 g/mol. The number of likely N-dealkylation sites (tertiary alicyclic amines) is 1. The van der Waals surface area contributed by atoms with Crippen molar-refractivity contribution in [1.29, 1.82) is 0 Å². The standard InChI is InChI=1S/C20H22N4O4/c1-11-7-17(11)23-10-14(8-18(23)25)22-19(26)13-3-5-15(6-4-13)24-12(2)16(9-21-24)20(27)28/h3-6,9,11,14,17H,7-8,10H2,1-2H3,(H,22,26)(H,27,28)/t11-,14+,17+/m0/s1. The van der Waals surface area contributed by atoms with Gasteiger partial charge in [-0.2, -0.15) is 5.10 Å². The lowest BCUT2D eigenvalue weighted by atomic mass is 10.1. The van der Waals surface area contributed by atoms with Gasteiger partial charge >= 0.3 is 5.97 Å². The third-order valence-electron chi connectivity index (χ3n) is 5.58. The summed E-state index contributed by atoms with van der Waals surface area (Å²) in [7, 11) is 0. The van der Waals surface area contributed by atoms with Gasteiger partial charge in [-0.3, -0.25) is 9.59 Å². The van der Waals surface area contributed by atoms with E-state index >= 15 is 0 Å². The highest BCUT2D eigenvalue weighted by molar-refractivity contribution is 5.95. The molecule has 2 fully saturated rings. The summed E-state index contributed by atoms with van der Waals surface area (Å²) in [4.78, 5) is 37.7. The van der Waals surface area contributed by atoms with Gasteiger partial charge in [-0.25, -0.2) is 9.48 Å². The molecule has 1 aromatic carbocycles. The predicted octanol–water partition coefficient (Wildman–Crippen LogP) is 1.62. The van der Waals surface area contributed by atoms with Gasteiger partial charge in [0.05, 0.1) is 23.6 Å². The van der Waals surface area contributed by atoms with Crippen LogP contribution in [0.3, 0.4) is 0 Å². The average Bonchev–Trinajstić information content (AvgIpc) is 3.07. The molecule has 0 spiro atoms. The summed E-state index contributed by atoms with van der Waals surface area (Å²) in [5.41, 5.74) is 1.81. The van der Waals surface area contributed by atoms with Crippen molar-refractivity contribution in [3.8, 4) is 5.69 Å². The Morgan fingerprint density at radius 2 is 1.93 bits per heavy atom. The first-order valence-electron chi connectivity index (χ1n) is 9.34. The molecular formula is C20H22N4O4. The Kier molecular flexibility index (Phi) is 4.41. The fraction of sp³-hybridized carbons (Fsp3) is 0.400. The second-order valence-corrected chi connectivity index (χ2v) is 7.61. The number of nitrogens with one attached hydrogen (secondary N) is 1. The van der Waals surface area contributed by atoms with Crippen LogP contribution in [0.4, 0.5) is 0 Å². The van der Waals surface area contributed by atoms with Crippen LogP contribution in [0.1, 0.15) is 46.2 Å². The summed E-state index contributed by atoms with van der Waals surface area (Å²) in [5.74, 6) is -0.587. The minimum atomic E-state index is -1.03. The fourth-order valence-corrected chi connectivity index (χ4v) is 3.79. The number of benzene rings is 1. The highest BCUT2D eigenvalue weighted by Crippen LogP contribution is 2.37. The zero-order valence-electron chi connectivity index (χ0n) is 15.8. The number of amides is 2. The first-order chi connectivity index (χ1) is 13.3. The number of carboxylic acid groups (broad SMARTS) is 1. The van der Waals surface area contributed by atoms with E-state index in [0.29, 0.717) is 41.9 Å². The molecule has 0 radical (unpaired) electrons. The number of hydrogen-bond donors (Lipinski definition) is 2. The smallest absolute Gasteiger partial charge is 0.339 e. The second-order valence-electron chi connectivity index (χ2n) is 7.61. The molecule has 8 heteroatoms. The number of aromatic nitrogens is 2. The Morgan fingerprint density at radius 1 is 1.25 bits per heavy atom. The van der Waals surface area contributed by atoms with Crippen LogP contribution in [0, 0.1) is 12.8 Å². The third-order valence-corrected chi connectivity index (χ3v) is 5.58. The van der Waals surface area contributed by atoms with Crippen LogP contribution >= 0.6 is 0 Å². The molecule has 2 N–H and O–H groups in total. The molecule has 1 saturated heterocycles. The van der Waals surface area contributed by atoms with E-state index in [9.17, 15) is 14.4 Å². The quantitative estimate of drug-likeness (QED) is 0.818. The van der Waals surface area contributed by atoms with E-state index in [1.165, 1.54) is 10.9 Å². The second kappa shape index (κ2) is 6.78. The van der Waals surface area contributed by atoms with E-state index in [1.807, 2.05) is 4.90 Å². The van der Waals surface area contributed by atoms with Crippen molar-refractivity contribution in [3.63, 3.8) is 0 Å². The molecule has 0 bridgehead atoms. The summed E-state index contributed by atoms with van der Waals surface area (Å²) in [6.07, 6.45) is 2.70. The first kappa shape index (κ1) is 18.2. The van der Waals surface area contributed by atoms with Crippen molar-refractivity contribution >= 4 is 17.8 Å². The number of nitrogens with zero attached hydrogens (tertiary/aromatic N) is 3. The molecule has 8 nitrogen and oxygen atoms in total. The molecule has 1 aromatic heterocycles. The molecule has 2 heterocycles. The summed E-state index contributed by atoms with van der Waals surface area (Å²) in [6, 6.07) is 6.95. The molecule has 3 atom stereocenters. The van der Waals surface area contributed by atoms with Crippen molar-refractivity contribution in [1.82, 2.24) is 20.0 Å². The zero-order chi connectivity index (χ0) is 20.0. The summed E-state index contributed by atoms with van der Waals surface area (Å²) >= 11 is 0. The van der Waals surface area contributed by atoms with Gasteiger partial charge in [-0.1, -0.05) is 6.92 Å². The van der Waals surface area contributed by atoms with Gasteiger partial charge in [0.2, 0.25) is 5.91 Å². The van der Waals surface area contributed by atoms with Crippen molar-refractivity contribution < 1.29 is 19.5 Å². The van der Waals surface area contributed by atoms with Crippen LogP contribution in [0.5, 0.6) is 0 Å². The van der Waals surface area contributed by atoms with E-state index in [4.69, 9.17) is 5.11 Å². The normalized spacial score (nSPS) is 23.7. The lowest BCUT2D eigenvalue weighted by Gasteiger charge is -2.17. The Bertz CT molecular complexity index is 950. The van der Waals surface area contributed by atoms with Gasteiger partial charge in [0, 0.05) is 24.6 Å². The number of carbonyl (C=O) groups is 3. The maximum atomic E-state index is 12.5. The molecule has 1 aliphatic carbocycles. The zero-order valence-corrected chi connectivity index (χ0v) is 15.8. The number of hydrogen-bond acceptors (Lipinski definition) is 4. The number of carboxylic acids is 1. The van der Waals surface area contributed by atoms with Gasteiger partial charge in [0.1, 0.15) is 5.56 Å². The van der Waals surface area contributed by atoms with Crippen molar-refractivity contribution in [2.45, 2.75) is 38.8 Å². The van der Waals surface area contributed by atoms with Crippen LogP contribution in [0.2, 0.25) is 0 Å². The van der Waals surface area contributed by atoms with Gasteiger partial charge < -0.3 is 15.3 Å². The SMILES string of the molecule is Cc1c(C(=O)O)cnn1-c1ccc(C(=O)N[C@@H]2CC(=O)N([C@@H]3C[C@@H]3C)C2)cc1. The Labute approximate surface area is 162 Å². The summed E-state index contributed by atoms with van der Waals surface area (Å²) in [6.45, 7) is 4.38. The Hall–Kier alpha value is -3.16. The van der Waals surface area contributed by atoms with Crippen molar-refractivity contribution in [2.24, 2.45) is 5.92 Å². The summed E-state index contributed by atoms with van der Waals surface area (Å²) < 4.78 is 1.52. The first-order valence-corrected chi connectivity index (χ1v) is 9.34. The lowest BCUT2D eigenvalue weighted by Crippen LogP contribution is -2.37. The molecule has 0 unspecified atom stereocenters. The topological polar surface area (TPSA) is 105 Å². The van der Waals surface area contributed by atoms with Crippen LogP contribution in [-0.4, -0.2) is 56.2 Å². The van der Waals surface area contributed by atoms with E-state index in [1.54, 1.807) is 31.2 Å². The maximum Gasteiger partial charge on any atom is 0.339 e. The highest BCUT2D eigenvalue weighted by Gasteiger charge is 2.44. The van der Waals surface area contributed by atoms with Gasteiger partial charge in [0.15, 0.2) is 0 Å². The van der Waals surface area contributed by atoms with Crippen molar-refractivity contribution in [2.75, 3.05) is 6.54 Å². The molecule has 1 saturated carbocycles. The van der Waals surface area contributed by atoms with Gasteiger partial charge in [-0.05, 0) is 43.5 Å². The van der Waals surface area contributed by atoms with Crippen molar-refractivity contribution in [3.05, 3.63) is 47.3 Å². The third kappa shape index (κ3) is 3.26.